The molecule has 0 spiro atoms. The van der Waals surface area contributed by atoms with Crippen LogP contribution in [0.2, 0.25) is 0 Å². The molecule has 8 heteroatoms. The molecule has 0 aliphatic rings. The molecule has 2 rings (SSSR count). The molecule has 2 aromatic carbocycles. The summed E-state index contributed by atoms with van der Waals surface area (Å²) in [6.07, 6.45) is 1.82. The third-order valence-corrected chi connectivity index (χ3v) is 5.70. The monoisotopic (exact) mass is 434 g/mol. The molecule has 0 aromatic heterocycles. The predicted molar refractivity (Wildman–Crippen MR) is 119 cm³/mol. The van der Waals surface area contributed by atoms with Crippen molar-refractivity contribution < 1.29 is 22.7 Å². The summed E-state index contributed by atoms with van der Waals surface area (Å²) < 4.78 is 36.5. The van der Waals surface area contributed by atoms with Gasteiger partial charge < -0.3 is 14.8 Å². The Kier molecular flexibility index (Phi) is 8.53. The first-order chi connectivity index (χ1) is 14.2. The number of methoxy groups -OCH3 is 1. The van der Waals surface area contributed by atoms with Crippen molar-refractivity contribution >= 4 is 21.6 Å². The highest BCUT2D eigenvalue weighted by Gasteiger charge is 2.19. The number of benzene rings is 2. The Labute approximate surface area is 179 Å². The van der Waals surface area contributed by atoms with Gasteiger partial charge >= 0.3 is 0 Å². The Hall–Kier alpha value is -2.74. The number of hydrogen-bond donors (Lipinski definition) is 1. The third-order valence-electron chi connectivity index (χ3n) is 4.52. The molecule has 1 atom stereocenters. The quantitative estimate of drug-likeness (QED) is 0.587. The fourth-order valence-corrected chi connectivity index (χ4v) is 4.00. The fraction of sp³-hybridized carbons (Fsp3) is 0.409. The largest absolute Gasteiger partial charge is 0.497 e. The molecule has 0 bridgehead atoms. The van der Waals surface area contributed by atoms with E-state index < -0.39 is 10.0 Å². The number of nitrogens with one attached hydrogen (secondary N) is 1. The Morgan fingerprint density at radius 2 is 1.73 bits per heavy atom. The number of carbonyl (C=O) groups is 1. The zero-order valence-corrected chi connectivity index (χ0v) is 18.7. The molecule has 1 amide bonds. The topological polar surface area (TPSA) is 84.9 Å². The summed E-state index contributed by atoms with van der Waals surface area (Å²) in [6.45, 7) is 4.30. The molecule has 7 nitrogen and oxygen atoms in total. The molecular weight excluding hydrogens is 404 g/mol. The predicted octanol–water partition coefficient (Wildman–Crippen LogP) is 3.13. The van der Waals surface area contributed by atoms with Crippen molar-refractivity contribution in [3.63, 3.8) is 0 Å². The van der Waals surface area contributed by atoms with Crippen molar-refractivity contribution in [2.45, 2.75) is 32.7 Å². The van der Waals surface area contributed by atoms with E-state index in [-0.39, 0.29) is 24.9 Å². The number of para-hydroxylation sites is 1. The molecule has 1 N–H and O–H groups in total. The number of amides is 1. The Morgan fingerprint density at radius 1 is 1.10 bits per heavy atom. The lowest BCUT2D eigenvalue weighted by Crippen LogP contribution is -2.37. The van der Waals surface area contributed by atoms with Gasteiger partial charge in [-0.3, -0.25) is 9.10 Å². The van der Waals surface area contributed by atoms with Crippen molar-refractivity contribution in [3.8, 4) is 11.5 Å². The maximum Gasteiger partial charge on any atom is 0.232 e. The number of hydrogen-bond acceptors (Lipinski definition) is 5. The molecule has 0 aliphatic heterocycles. The first-order valence-electron chi connectivity index (χ1n) is 9.80. The minimum absolute atomic E-state index is 0.140. The fourth-order valence-electron chi connectivity index (χ4n) is 2.97. The van der Waals surface area contributed by atoms with E-state index in [0.29, 0.717) is 24.5 Å². The van der Waals surface area contributed by atoms with Crippen molar-refractivity contribution in [1.82, 2.24) is 5.32 Å². The zero-order valence-electron chi connectivity index (χ0n) is 17.9. The van der Waals surface area contributed by atoms with Gasteiger partial charge in [0, 0.05) is 13.0 Å². The summed E-state index contributed by atoms with van der Waals surface area (Å²) in [4.78, 5) is 12.2. The van der Waals surface area contributed by atoms with E-state index in [4.69, 9.17) is 9.47 Å². The van der Waals surface area contributed by atoms with Crippen molar-refractivity contribution in [3.05, 3.63) is 54.1 Å². The van der Waals surface area contributed by atoms with Crippen LogP contribution in [-0.4, -0.2) is 46.9 Å². The minimum Gasteiger partial charge on any atom is -0.497 e. The van der Waals surface area contributed by atoms with Crippen molar-refractivity contribution in [2.75, 3.05) is 30.8 Å². The van der Waals surface area contributed by atoms with Crippen molar-refractivity contribution in [1.29, 1.82) is 0 Å². The van der Waals surface area contributed by atoms with Gasteiger partial charge in [0.1, 0.15) is 18.1 Å². The molecule has 0 radical (unpaired) electrons. The van der Waals surface area contributed by atoms with E-state index in [0.717, 1.165) is 11.3 Å². The van der Waals surface area contributed by atoms with E-state index in [9.17, 15) is 13.2 Å². The van der Waals surface area contributed by atoms with E-state index in [2.05, 4.69) is 5.32 Å². The minimum atomic E-state index is -3.43. The van der Waals surface area contributed by atoms with Gasteiger partial charge in [-0.1, -0.05) is 18.2 Å². The Bertz CT molecular complexity index is 929. The normalized spacial score (nSPS) is 12.1. The summed E-state index contributed by atoms with van der Waals surface area (Å²) in [5, 5.41) is 2.88. The van der Waals surface area contributed by atoms with Gasteiger partial charge in [0.15, 0.2) is 0 Å². The number of sulfonamides is 1. The van der Waals surface area contributed by atoms with E-state index in [1.807, 2.05) is 26.0 Å². The maximum atomic E-state index is 12.2. The molecule has 0 aliphatic carbocycles. The van der Waals surface area contributed by atoms with Crippen LogP contribution in [0.25, 0.3) is 0 Å². The van der Waals surface area contributed by atoms with Crippen LogP contribution in [0.3, 0.4) is 0 Å². The second kappa shape index (κ2) is 10.9. The molecule has 30 heavy (non-hydrogen) atoms. The Balaban J connectivity index is 1.80. The number of anilines is 1. The summed E-state index contributed by atoms with van der Waals surface area (Å²) in [7, 11) is -1.83. The summed E-state index contributed by atoms with van der Waals surface area (Å²) >= 11 is 0. The smallest absolute Gasteiger partial charge is 0.232 e. The highest BCUT2D eigenvalue weighted by atomic mass is 32.2. The number of ether oxygens (including phenoxy) is 2. The van der Waals surface area contributed by atoms with Crippen LogP contribution < -0.4 is 19.1 Å². The van der Waals surface area contributed by atoms with Crippen LogP contribution in [-0.2, 0) is 14.8 Å². The highest BCUT2D eigenvalue weighted by molar-refractivity contribution is 7.92. The molecule has 0 saturated heterocycles. The zero-order chi connectivity index (χ0) is 22.1. The number of carbonyl (C=O) groups excluding carboxylic acids is 1. The van der Waals surface area contributed by atoms with Crippen LogP contribution in [0.1, 0.15) is 25.3 Å². The van der Waals surface area contributed by atoms with Crippen LogP contribution in [0, 0.1) is 6.92 Å². The van der Waals surface area contributed by atoms with Gasteiger partial charge in [-0.05, 0) is 56.2 Å². The van der Waals surface area contributed by atoms with Crippen LogP contribution in [0.15, 0.2) is 48.5 Å². The molecule has 0 heterocycles. The lowest BCUT2D eigenvalue weighted by Gasteiger charge is -2.24. The summed E-state index contributed by atoms with van der Waals surface area (Å²) in [6, 6.07) is 14.3. The third kappa shape index (κ3) is 7.26. The average molecular weight is 435 g/mol. The lowest BCUT2D eigenvalue weighted by atomic mass is 10.2. The second-order valence-corrected chi connectivity index (χ2v) is 9.09. The standard InChI is InChI=1S/C22H30N2O5S/c1-17-8-5-6-9-21(17)24(30(4,26)27)15-7-10-22(25)23-18(2)16-29-20-13-11-19(28-3)12-14-20/h5-6,8-9,11-14,18H,7,10,15-16H2,1-4H3,(H,23,25)/t18-/m1/s1. The summed E-state index contributed by atoms with van der Waals surface area (Å²) in [5.41, 5.74) is 1.51. The molecule has 0 unspecified atom stereocenters. The van der Waals surface area contributed by atoms with Gasteiger partial charge in [0.2, 0.25) is 15.9 Å². The van der Waals surface area contributed by atoms with Gasteiger partial charge in [0.25, 0.3) is 0 Å². The van der Waals surface area contributed by atoms with Crippen molar-refractivity contribution in [2.24, 2.45) is 0 Å². The first kappa shape index (κ1) is 23.5. The van der Waals surface area contributed by atoms with Crippen LogP contribution >= 0.6 is 0 Å². The number of nitrogens with zero attached hydrogens (tertiary/aromatic N) is 1. The van der Waals surface area contributed by atoms with Gasteiger partial charge in [-0.2, -0.15) is 0 Å². The maximum absolute atomic E-state index is 12.2. The molecule has 164 valence electrons. The number of rotatable bonds is 11. The van der Waals surface area contributed by atoms with Gasteiger partial charge in [0.05, 0.1) is 25.1 Å². The lowest BCUT2D eigenvalue weighted by molar-refractivity contribution is -0.121. The second-order valence-electron chi connectivity index (χ2n) is 7.18. The van der Waals surface area contributed by atoms with Gasteiger partial charge in [-0.25, -0.2) is 8.42 Å². The van der Waals surface area contributed by atoms with E-state index in [1.54, 1.807) is 43.5 Å². The first-order valence-corrected chi connectivity index (χ1v) is 11.6. The highest BCUT2D eigenvalue weighted by Crippen LogP contribution is 2.22. The van der Waals surface area contributed by atoms with Crippen LogP contribution in [0.5, 0.6) is 11.5 Å². The summed E-state index contributed by atoms with van der Waals surface area (Å²) in [5.74, 6) is 1.30. The molecule has 0 saturated carbocycles. The molecular formula is C22H30N2O5S. The number of aryl methyl sites for hydroxylation is 1. The van der Waals surface area contributed by atoms with Crippen LogP contribution in [0.4, 0.5) is 5.69 Å². The van der Waals surface area contributed by atoms with E-state index in [1.165, 1.54) is 10.6 Å². The Morgan fingerprint density at radius 3 is 2.33 bits per heavy atom. The molecule has 2 aromatic rings. The van der Waals surface area contributed by atoms with E-state index >= 15 is 0 Å². The van der Waals surface area contributed by atoms with Gasteiger partial charge in [-0.15, -0.1) is 0 Å². The average Bonchev–Trinajstić information content (AvgIpc) is 2.70. The SMILES string of the molecule is COc1ccc(OC[C@@H](C)NC(=O)CCCN(c2ccccc2C)S(C)(=O)=O)cc1. The molecule has 0 fully saturated rings.